The molecule has 1 fully saturated rings. The number of halogens is 1. The number of anilines is 1. The van der Waals surface area contributed by atoms with E-state index in [4.69, 9.17) is 0 Å². The minimum absolute atomic E-state index is 0.287. The zero-order valence-electron chi connectivity index (χ0n) is 9.33. The first kappa shape index (κ1) is 10.5. The van der Waals surface area contributed by atoms with E-state index >= 15 is 0 Å². The van der Waals surface area contributed by atoms with Crippen LogP contribution in [0.1, 0.15) is 19.3 Å². The molecule has 1 aliphatic rings. The third-order valence-electron chi connectivity index (χ3n) is 3.31. The van der Waals surface area contributed by atoms with Gasteiger partial charge in [-0.15, -0.1) is 0 Å². The number of fused-ring (bicyclic) bond motifs is 1. The molecule has 0 aliphatic heterocycles. The summed E-state index contributed by atoms with van der Waals surface area (Å²) in [5.74, 6) is 0.288. The first-order valence-corrected chi connectivity index (χ1v) is 5.76. The number of aliphatic hydroxyl groups is 1. The van der Waals surface area contributed by atoms with Gasteiger partial charge in [-0.3, -0.25) is 0 Å². The van der Waals surface area contributed by atoms with Crippen LogP contribution in [-0.2, 0) is 0 Å². The molecule has 3 N–H and O–H groups in total. The topological polar surface area (TPSA) is 60.9 Å². The molecule has 0 saturated heterocycles. The average molecular weight is 235 g/mol. The molecule has 0 amide bonds. The molecule has 1 aromatic carbocycles. The molecule has 0 atom stereocenters. The second kappa shape index (κ2) is 3.70. The molecule has 3 rings (SSSR count). The maximum absolute atomic E-state index is 13.0. The highest BCUT2D eigenvalue weighted by Gasteiger charge is 2.34. The summed E-state index contributed by atoms with van der Waals surface area (Å²) in [6, 6.07) is 4.42. The van der Waals surface area contributed by atoms with E-state index in [1.165, 1.54) is 12.1 Å². The van der Waals surface area contributed by atoms with Crippen molar-refractivity contribution in [2.75, 3.05) is 11.9 Å². The predicted molar refractivity (Wildman–Crippen MR) is 63.3 cm³/mol. The molecule has 1 heterocycles. The van der Waals surface area contributed by atoms with Gasteiger partial charge in [0, 0.05) is 6.54 Å². The van der Waals surface area contributed by atoms with Gasteiger partial charge in [-0.05, 0) is 37.5 Å². The number of nitrogens with zero attached hydrogens (tertiary/aromatic N) is 1. The Balaban J connectivity index is 1.76. The minimum Gasteiger partial charge on any atom is -0.388 e. The van der Waals surface area contributed by atoms with Crippen molar-refractivity contribution in [1.82, 2.24) is 9.97 Å². The summed E-state index contributed by atoms with van der Waals surface area (Å²) < 4.78 is 13.0. The zero-order valence-corrected chi connectivity index (χ0v) is 9.33. The number of nitrogens with one attached hydrogen (secondary N) is 2. The fourth-order valence-corrected chi connectivity index (χ4v) is 2.08. The molecule has 1 saturated carbocycles. The van der Waals surface area contributed by atoms with Gasteiger partial charge in [-0.25, -0.2) is 9.37 Å². The maximum atomic E-state index is 13.0. The van der Waals surface area contributed by atoms with Gasteiger partial charge in [-0.2, -0.15) is 0 Å². The third-order valence-corrected chi connectivity index (χ3v) is 3.31. The molecule has 5 heteroatoms. The molecular formula is C12H14FN3O. The van der Waals surface area contributed by atoms with Gasteiger partial charge in [0.25, 0.3) is 0 Å². The van der Waals surface area contributed by atoms with E-state index in [-0.39, 0.29) is 5.82 Å². The van der Waals surface area contributed by atoms with E-state index in [9.17, 15) is 9.50 Å². The Labute approximate surface area is 97.9 Å². The molecule has 90 valence electrons. The molecule has 4 nitrogen and oxygen atoms in total. The molecule has 1 aliphatic carbocycles. The summed E-state index contributed by atoms with van der Waals surface area (Å²) in [7, 11) is 0. The normalized spacial score (nSPS) is 18.0. The number of H-pyrrole nitrogens is 1. The lowest BCUT2D eigenvalue weighted by atomic mass is 9.80. The van der Waals surface area contributed by atoms with Crippen molar-refractivity contribution in [2.45, 2.75) is 24.9 Å². The second-order valence-electron chi connectivity index (χ2n) is 4.68. The van der Waals surface area contributed by atoms with Crippen molar-refractivity contribution in [2.24, 2.45) is 0 Å². The van der Waals surface area contributed by atoms with E-state index in [2.05, 4.69) is 15.3 Å². The van der Waals surface area contributed by atoms with E-state index < -0.39 is 5.60 Å². The van der Waals surface area contributed by atoms with E-state index in [0.29, 0.717) is 18.0 Å². The Morgan fingerprint density at radius 2 is 2.29 bits per heavy atom. The van der Waals surface area contributed by atoms with Crippen molar-refractivity contribution in [3.8, 4) is 0 Å². The number of rotatable bonds is 3. The summed E-state index contributed by atoms with van der Waals surface area (Å²) in [4.78, 5) is 7.25. The summed E-state index contributed by atoms with van der Waals surface area (Å²) >= 11 is 0. The van der Waals surface area contributed by atoms with Gasteiger partial charge in [-0.1, -0.05) is 0 Å². The number of hydrogen-bond donors (Lipinski definition) is 3. The van der Waals surface area contributed by atoms with Crippen molar-refractivity contribution in [1.29, 1.82) is 0 Å². The van der Waals surface area contributed by atoms with Gasteiger partial charge < -0.3 is 15.4 Å². The first-order valence-electron chi connectivity index (χ1n) is 5.76. The number of aromatic amines is 1. The van der Waals surface area contributed by atoms with Crippen LogP contribution in [0.5, 0.6) is 0 Å². The summed E-state index contributed by atoms with van der Waals surface area (Å²) in [5, 5.41) is 13.0. The lowest BCUT2D eigenvalue weighted by molar-refractivity contribution is -0.0203. The Bertz CT molecular complexity index is 548. The summed E-state index contributed by atoms with van der Waals surface area (Å²) in [6.45, 7) is 0.481. The van der Waals surface area contributed by atoms with E-state index in [1.807, 2.05) is 0 Å². The first-order chi connectivity index (χ1) is 8.15. The largest absolute Gasteiger partial charge is 0.388 e. The predicted octanol–water partition coefficient (Wildman–Crippen LogP) is 2.03. The van der Waals surface area contributed by atoms with Crippen LogP contribution < -0.4 is 5.32 Å². The molecule has 0 radical (unpaired) electrons. The Morgan fingerprint density at radius 3 is 3.00 bits per heavy atom. The molecule has 17 heavy (non-hydrogen) atoms. The number of aromatic nitrogens is 2. The smallest absolute Gasteiger partial charge is 0.201 e. The zero-order chi connectivity index (χ0) is 11.9. The van der Waals surface area contributed by atoms with Gasteiger partial charge in [0.1, 0.15) is 5.82 Å². The molecule has 1 aromatic heterocycles. The van der Waals surface area contributed by atoms with Crippen molar-refractivity contribution >= 4 is 17.0 Å². The van der Waals surface area contributed by atoms with Crippen molar-refractivity contribution < 1.29 is 9.50 Å². The fourth-order valence-electron chi connectivity index (χ4n) is 2.08. The lowest BCUT2D eigenvalue weighted by Crippen LogP contribution is -2.43. The van der Waals surface area contributed by atoms with Crippen LogP contribution >= 0.6 is 0 Å². The maximum Gasteiger partial charge on any atom is 0.201 e. The quantitative estimate of drug-likeness (QED) is 0.762. The van der Waals surface area contributed by atoms with Crippen LogP contribution in [0.15, 0.2) is 18.2 Å². The van der Waals surface area contributed by atoms with Crippen LogP contribution in [0.25, 0.3) is 11.0 Å². The molecule has 2 aromatic rings. The van der Waals surface area contributed by atoms with Gasteiger partial charge >= 0.3 is 0 Å². The Morgan fingerprint density at radius 1 is 1.47 bits per heavy atom. The van der Waals surface area contributed by atoms with Crippen molar-refractivity contribution in [3.05, 3.63) is 24.0 Å². The third kappa shape index (κ3) is 1.98. The second-order valence-corrected chi connectivity index (χ2v) is 4.68. The SMILES string of the molecule is OC1(CNc2nc3ccc(F)cc3[nH]2)CCC1. The minimum atomic E-state index is -0.593. The van der Waals surface area contributed by atoms with E-state index in [0.717, 1.165) is 24.8 Å². The Kier molecular flexibility index (Phi) is 2.29. The lowest BCUT2D eigenvalue weighted by Gasteiger charge is -2.36. The van der Waals surface area contributed by atoms with Crippen LogP contribution in [0.4, 0.5) is 10.3 Å². The van der Waals surface area contributed by atoms with Crippen LogP contribution in [0.3, 0.4) is 0 Å². The summed E-state index contributed by atoms with van der Waals surface area (Å²) in [5.41, 5.74) is 0.784. The van der Waals surface area contributed by atoms with Crippen LogP contribution in [0.2, 0.25) is 0 Å². The fraction of sp³-hybridized carbons (Fsp3) is 0.417. The van der Waals surface area contributed by atoms with Crippen LogP contribution in [-0.4, -0.2) is 27.2 Å². The number of benzene rings is 1. The standard InChI is InChI=1S/C12H14FN3O/c13-8-2-3-9-10(6-8)16-11(15-9)14-7-12(17)4-1-5-12/h2-3,6,17H,1,4-5,7H2,(H2,14,15,16). The highest BCUT2D eigenvalue weighted by molar-refractivity contribution is 5.77. The van der Waals surface area contributed by atoms with Gasteiger partial charge in [0.2, 0.25) is 5.95 Å². The Hall–Kier alpha value is -1.62. The molecular weight excluding hydrogens is 221 g/mol. The number of imidazole rings is 1. The van der Waals surface area contributed by atoms with Crippen LogP contribution in [0, 0.1) is 5.82 Å². The number of hydrogen-bond acceptors (Lipinski definition) is 3. The molecule has 0 bridgehead atoms. The summed E-state index contributed by atoms with van der Waals surface area (Å²) in [6.07, 6.45) is 2.73. The van der Waals surface area contributed by atoms with Gasteiger partial charge in [0.05, 0.1) is 16.6 Å². The average Bonchev–Trinajstić information content (AvgIpc) is 2.65. The van der Waals surface area contributed by atoms with Gasteiger partial charge in [0.15, 0.2) is 0 Å². The molecule has 0 unspecified atom stereocenters. The highest BCUT2D eigenvalue weighted by Crippen LogP contribution is 2.31. The van der Waals surface area contributed by atoms with E-state index in [1.54, 1.807) is 6.07 Å². The highest BCUT2D eigenvalue weighted by atomic mass is 19.1. The molecule has 0 spiro atoms. The monoisotopic (exact) mass is 235 g/mol. The van der Waals surface area contributed by atoms with Crippen molar-refractivity contribution in [3.63, 3.8) is 0 Å².